The number of carbonyl (C=O) groups excluding carboxylic acids is 1. The average Bonchev–Trinajstić information content (AvgIpc) is 2.73. The maximum Gasteiger partial charge on any atom is 0.253 e. The van der Waals surface area contributed by atoms with Gasteiger partial charge in [-0.2, -0.15) is 0 Å². The highest BCUT2D eigenvalue weighted by Crippen LogP contribution is 2.26. The fraction of sp³-hybridized carbons (Fsp3) is 0.625. The fourth-order valence-electron chi connectivity index (χ4n) is 3.96. The summed E-state index contributed by atoms with van der Waals surface area (Å²) in [6.07, 6.45) is 11.4. The van der Waals surface area contributed by atoms with Gasteiger partial charge in [-0.3, -0.25) is 4.79 Å². The molecule has 0 heterocycles. The normalized spacial score (nSPS) is 19.3. The van der Waals surface area contributed by atoms with Crippen LogP contribution in [0.15, 0.2) is 41.4 Å². The van der Waals surface area contributed by atoms with Crippen molar-refractivity contribution in [2.75, 3.05) is 33.8 Å². The van der Waals surface area contributed by atoms with Gasteiger partial charge in [-0.1, -0.05) is 34.8 Å². The summed E-state index contributed by atoms with van der Waals surface area (Å²) in [6.45, 7) is 6.75. The van der Waals surface area contributed by atoms with Gasteiger partial charge in [0.25, 0.3) is 5.91 Å². The molecule has 0 N–H and O–H groups in total. The Morgan fingerprint density at radius 1 is 1.10 bits per heavy atom. The lowest BCUT2D eigenvalue weighted by Gasteiger charge is -2.34. The summed E-state index contributed by atoms with van der Waals surface area (Å²) in [5.41, 5.74) is 0.754. The first-order valence-electron chi connectivity index (χ1n) is 10.9. The van der Waals surface area contributed by atoms with E-state index in [-0.39, 0.29) is 5.91 Å². The van der Waals surface area contributed by atoms with E-state index in [1.807, 2.05) is 42.3 Å². The SMILES string of the molecule is C=CCN(C)CCCCCCOC1CCC(N(C)C(=O)c2ccc(Br)cc2)CC1. The van der Waals surface area contributed by atoms with E-state index in [1.165, 1.54) is 19.3 Å². The monoisotopic (exact) mass is 464 g/mol. The van der Waals surface area contributed by atoms with Crippen molar-refractivity contribution in [3.63, 3.8) is 0 Å². The lowest BCUT2D eigenvalue weighted by molar-refractivity contribution is 0.00908. The van der Waals surface area contributed by atoms with Crippen molar-refractivity contribution in [3.05, 3.63) is 47.0 Å². The van der Waals surface area contributed by atoms with Crippen molar-refractivity contribution in [1.29, 1.82) is 0 Å². The predicted molar refractivity (Wildman–Crippen MR) is 124 cm³/mol. The maximum absolute atomic E-state index is 12.7. The molecule has 4 nitrogen and oxygen atoms in total. The van der Waals surface area contributed by atoms with Gasteiger partial charge < -0.3 is 14.5 Å². The molecular formula is C24H37BrN2O2. The molecule has 162 valence electrons. The number of carbonyl (C=O) groups is 1. The van der Waals surface area contributed by atoms with Crippen LogP contribution in [0.4, 0.5) is 0 Å². The molecule has 1 aromatic rings. The summed E-state index contributed by atoms with van der Waals surface area (Å²) >= 11 is 3.42. The van der Waals surface area contributed by atoms with Crippen LogP contribution < -0.4 is 0 Å². The second-order valence-corrected chi connectivity index (χ2v) is 9.11. The van der Waals surface area contributed by atoms with Crippen LogP contribution in [-0.2, 0) is 4.74 Å². The summed E-state index contributed by atoms with van der Waals surface area (Å²) in [5.74, 6) is 0.112. The molecule has 5 heteroatoms. The van der Waals surface area contributed by atoms with Crippen molar-refractivity contribution < 1.29 is 9.53 Å². The molecule has 1 amide bonds. The van der Waals surface area contributed by atoms with Crippen molar-refractivity contribution in [2.45, 2.75) is 63.5 Å². The maximum atomic E-state index is 12.7. The second kappa shape index (κ2) is 13.2. The molecule has 1 fully saturated rings. The van der Waals surface area contributed by atoms with Crippen LogP contribution >= 0.6 is 15.9 Å². The van der Waals surface area contributed by atoms with E-state index in [2.05, 4.69) is 34.5 Å². The third-order valence-corrected chi connectivity index (χ3v) is 6.36. The highest BCUT2D eigenvalue weighted by molar-refractivity contribution is 9.10. The number of amides is 1. The third kappa shape index (κ3) is 8.61. The number of hydrogen-bond acceptors (Lipinski definition) is 3. The molecular weight excluding hydrogens is 428 g/mol. The number of benzene rings is 1. The third-order valence-electron chi connectivity index (χ3n) is 5.83. The first kappa shape index (κ1) is 24.1. The molecule has 1 aliphatic carbocycles. The van der Waals surface area contributed by atoms with E-state index < -0.39 is 0 Å². The number of rotatable bonds is 12. The number of ether oxygens (including phenoxy) is 1. The Morgan fingerprint density at radius 3 is 2.41 bits per heavy atom. The molecule has 0 saturated heterocycles. The Hall–Kier alpha value is -1.17. The zero-order valence-corrected chi connectivity index (χ0v) is 19.7. The predicted octanol–water partition coefficient (Wildman–Crippen LogP) is 5.53. The Morgan fingerprint density at radius 2 is 1.76 bits per heavy atom. The number of unbranched alkanes of at least 4 members (excludes halogenated alkanes) is 3. The van der Waals surface area contributed by atoms with E-state index in [9.17, 15) is 4.79 Å². The van der Waals surface area contributed by atoms with E-state index in [1.54, 1.807) is 0 Å². The average molecular weight is 465 g/mol. The molecule has 29 heavy (non-hydrogen) atoms. The van der Waals surface area contributed by atoms with Crippen LogP contribution in [0.3, 0.4) is 0 Å². The molecule has 0 bridgehead atoms. The molecule has 1 saturated carbocycles. The number of likely N-dealkylation sites (N-methyl/N-ethyl adjacent to an activating group) is 1. The van der Waals surface area contributed by atoms with Crippen molar-refractivity contribution >= 4 is 21.8 Å². The van der Waals surface area contributed by atoms with Gasteiger partial charge in [-0.15, -0.1) is 6.58 Å². The van der Waals surface area contributed by atoms with Crippen molar-refractivity contribution in [1.82, 2.24) is 9.80 Å². The van der Waals surface area contributed by atoms with Crippen LogP contribution in [0.5, 0.6) is 0 Å². The van der Waals surface area contributed by atoms with Crippen LogP contribution in [0.25, 0.3) is 0 Å². The fourth-order valence-corrected chi connectivity index (χ4v) is 4.22. The molecule has 0 aliphatic heterocycles. The van der Waals surface area contributed by atoms with Crippen LogP contribution in [0.2, 0.25) is 0 Å². The highest BCUT2D eigenvalue weighted by Gasteiger charge is 2.27. The lowest BCUT2D eigenvalue weighted by atomic mass is 9.91. The van der Waals surface area contributed by atoms with E-state index >= 15 is 0 Å². The van der Waals surface area contributed by atoms with Gasteiger partial charge in [0, 0.05) is 36.3 Å². The minimum Gasteiger partial charge on any atom is -0.378 e. The zero-order valence-electron chi connectivity index (χ0n) is 18.1. The van der Waals surface area contributed by atoms with Crippen LogP contribution in [-0.4, -0.2) is 61.6 Å². The molecule has 0 unspecified atom stereocenters. The molecule has 0 radical (unpaired) electrons. The molecule has 1 aromatic carbocycles. The summed E-state index contributed by atoms with van der Waals surface area (Å²) in [5, 5.41) is 0. The first-order chi connectivity index (χ1) is 14.0. The first-order valence-corrected chi connectivity index (χ1v) is 11.7. The Labute approximate surface area is 185 Å². The molecule has 0 spiro atoms. The quantitative estimate of drug-likeness (QED) is 0.301. The Kier molecular flexibility index (Phi) is 11.0. The van der Waals surface area contributed by atoms with Crippen molar-refractivity contribution in [2.24, 2.45) is 0 Å². The number of nitrogens with zero attached hydrogens (tertiary/aromatic N) is 2. The van der Waals surface area contributed by atoms with Gasteiger partial charge >= 0.3 is 0 Å². The standard InChI is InChI=1S/C24H37BrN2O2/c1-4-17-26(2)18-7-5-6-8-19-29-23-15-13-22(14-16-23)27(3)24(28)20-9-11-21(25)12-10-20/h4,9-12,22-23H,1,5-8,13-19H2,2-3H3. The molecule has 2 rings (SSSR count). The zero-order chi connectivity index (χ0) is 21.1. The smallest absolute Gasteiger partial charge is 0.253 e. The minimum absolute atomic E-state index is 0.112. The van der Waals surface area contributed by atoms with Gasteiger partial charge in [0.1, 0.15) is 0 Å². The summed E-state index contributed by atoms with van der Waals surface area (Å²) in [6, 6.07) is 7.93. The summed E-state index contributed by atoms with van der Waals surface area (Å²) < 4.78 is 7.10. The van der Waals surface area contributed by atoms with Gasteiger partial charge in [-0.05, 0) is 76.4 Å². The number of halogens is 1. The van der Waals surface area contributed by atoms with Crippen molar-refractivity contribution in [3.8, 4) is 0 Å². The van der Waals surface area contributed by atoms with Gasteiger partial charge in [-0.25, -0.2) is 0 Å². The summed E-state index contributed by atoms with van der Waals surface area (Å²) in [4.78, 5) is 16.9. The van der Waals surface area contributed by atoms with E-state index in [0.717, 1.165) is 61.8 Å². The molecule has 1 aliphatic rings. The second-order valence-electron chi connectivity index (χ2n) is 8.19. The van der Waals surface area contributed by atoms with Crippen LogP contribution in [0, 0.1) is 0 Å². The molecule has 0 atom stereocenters. The minimum atomic E-state index is 0.112. The van der Waals surface area contributed by atoms with E-state index in [4.69, 9.17) is 4.74 Å². The lowest BCUT2D eigenvalue weighted by Crippen LogP contribution is -2.40. The van der Waals surface area contributed by atoms with Gasteiger partial charge in [0.05, 0.1) is 6.10 Å². The van der Waals surface area contributed by atoms with E-state index in [0.29, 0.717) is 12.1 Å². The highest BCUT2D eigenvalue weighted by atomic mass is 79.9. The number of hydrogen-bond donors (Lipinski definition) is 0. The summed E-state index contributed by atoms with van der Waals surface area (Å²) in [7, 11) is 4.08. The Balaban J connectivity index is 1.57. The van der Waals surface area contributed by atoms with Crippen LogP contribution in [0.1, 0.15) is 61.7 Å². The Bertz CT molecular complexity index is 612. The van der Waals surface area contributed by atoms with Gasteiger partial charge in [0.15, 0.2) is 0 Å². The molecule has 0 aromatic heterocycles. The van der Waals surface area contributed by atoms with Gasteiger partial charge in [0.2, 0.25) is 0 Å². The largest absolute Gasteiger partial charge is 0.378 e. The topological polar surface area (TPSA) is 32.8 Å².